The first-order chi connectivity index (χ1) is 45.3. The summed E-state index contributed by atoms with van der Waals surface area (Å²) in [4.78, 5) is 38.6. The van der Waals surface area contributed by atoms with Crippen LogP contribution < -0.4 is 16.0 Å². The average molecular weight is 1410 g/mol. The Labute approximate surface area is 545 Å². The van der Waals surface area contributed by atoms with Gasteiger partial charge < -0.3 is 194 Å². The van der Waals surface area contributed by atoms with Crippen LogP contribution in [0, 0.1) is 0 Å². The van der Waals surface area contributed by atoms with E-state index >= 15 is 0 Å². The van der Waals surface area contributed by atoms with Gasteiger partial charge in [-0.1, -0.05) is 0 Å². The number of amides is 3. The lowest BCUT2D eigenvalue weighted by Gasteiger charge is -2.52. The molecule has 0 aromatic heterocycles. The van der Waals surface area contributed by atoms with Gasteiger partial charge in [-0.3, -0.25) is 14.4 Å². The lowest BCUT2D eigenvalue weighted by Crippen LogP contribution is -2.71. The highest BCUT2D eigenvalue weighted by Crippen LogP contribution is 2.40. The summed E-state index contributed by atoms with van der Waals surface area (Å²) in [6.07, 6.45) is -71.7. The normalized spacial score (nSPS) is 50.3. The summed E-state index contributed by atoms with van der Waals surface area (Å²) < 4.78 is 88.7. The summed E-state index contributed by atoms with van der Waals surface area (Å²) in [5.74, 6) is -2.65. The molecule has 0 saturated carbocycles. The van der Waals surface area contributed by atoms with Crippen molar-refractivity contribution in [2.75, 3.05) is 39.6 Å². The molecule has 0 radical (unpaired) electrons. The fourth-order valence-corrected chi connectivity index (χ4v) is 12.6. The van der Waals surface area contributed by atoms with Crippen molar-refractivity contribution in [1.29, 1.82) is 0 Å². The number of hydrogen-bond donors (Lipinski definition) is 24. The minimum Gasteiger partial charge on any atom is -0.394 e. The number of ether oxygens (including phenoxy) is 15. The lowest BCUT2D eigenvalue weighted by molar-refractivity contribution is -0.394. The van der Waals surface area contributed by atoms with Gasteiger partial charge in [0, 0.05) is 20.8 Å². The molecule has 42 heteroatoms. The van der Waals surface area contributed by atoms with Crippen molar-refractivity contribution in [3.05, 3.63) is 0 Å². The number of hydrogen-bond acceptors (Lipinski definition) is 39. The highest BCUT2D eigenvalue weighted by Gasteiger charge is 2.61. The van der Waals surface area contributed by atoms with E-state index in [2.05, 4.69) is 16.0 Å². The highest BCUT2D eigenvalue weighted by atomic mass is 16.8. The predicted molar refractivity (Wildman–Crippen MR) is 296 cm³/mol. The number of aliphatic hydroxyl groups excluding tert-OH is 21. The molecule has 8 fully saturated rings. The monoisotopic (exact) mass is 1410 g/mol. The van der Waals surface area contributed by atoms with Crippen LogP contribution in [-0.4, -0.2) is 410 Å². The molecule has 8 heterocycles. The Bertz CT molecular complexity index is 2470. The van der Waals surface area contributed by atoms with Crippen molar-refractivity contribution in [2.45, 2.75) is 280 Å². The fraction of sp³-hybridized carbons (Fsp3) is 0.944. The first-order valence-corrected chi connectivity index (χ1v) is 30.8. The van der Waals surface area contributed by atoms with Crippen LogP contribution in [0.25, 0.3) is 0 Å². The second-order valence-electron chi connectivity index (χ2n) is 24.5. The molecule has 0 spiro atoms. The summed E-state index contributed by atoms with van der Waals surface area (Å²) in [5, 5.41) is 238. The Morgan fingerprint density at radius 3 is 0.958 bits per heavy atom. The van der Waals surface area contributed by atoms with Crippen LogP contribution in [0.2, 0.25) is 0 Å². The van der Waals surface area contributed by atoms with Crippen LogP contribution in [0.15, 0.2) is 0 Å². The van der Waals surface area contributed by atoms with Crippen LogP contribution in [0.3, 0.4) is 0 Å². The molecule has 556 valence electrons. The minimum atomic E-state index is -2.36. The zero-order valence-electron chi connectivity index (χ0n) is 52.1. The Morgan fingerprint density at radius 1 is 0.271 bits per heavy atom. The quantitative estimate of drug-likeness (QED) is 0.0452. The van der Waals surface area contributed by atoms with Gasteiger partial charge in [0.25, 0.3) is 0 Å². The molecule has 8 saturated heterocycles. The average Bonchev–Trinajstić information content (AvgIpc) is 0.742. The molecule has 96 heavy (non-hydrogen) atoms. The zero-order valence-corrected chi connectivity index (χ0v) is 52.1. The standard InChI is InChI=1S/C54H91N3O39/c1-12-26(67)32(73)35(76)50(82-12)93-43-24(56-15(4)65)47(81)84-21(10-62)41(43)92-54-39(80)45(29(70)19(8-60)87-54)95-48-23(55-14(3)64)31(72)40(20(9-61)88-48)90-53-38(79)46(30(71)18(7-59)86-53)96-49-25(57-16(5)66)44(94-51-36(77)33(74)27(68)13(2)83-51)42(22(11-63)89-49)91-52-37(78)34(75)28(69)17(6-58)85-52/h12-13,17-54,58-63,67-81H,6-11H2,1-5H3,(H,55,64)(H,56,65)(H,57,66)/t12-,13-,17+,18+,19+,20+,21+,22+,23+,24+,25+,26+,27+,28-,29-,30-,31+,32+,33+,34-,35-,36-,37+,38+,39+,40+,41+,42+,43+,44+,45-,46-,47?,48-,49-,50-,51-,52-,53-,54-/m0/s1. The highest BCUT2D eigenvalue weighted by molar-refractivity contribution is 5.74. The zero-order chi connectivity index (χ0) is 70.8. The maximum absolute atomic E-state index is 13.2. The molecule has 8 aliphatic heterocycles. The van der Waals surface area contributed by atoms with E-state index in [0.717, 1.165) is 20.8 Å². The molecular formula is C54H91N3O39. The van der Waals surface area contributed by atoms with Crippen LogP contribution in [0.1, 0.15) is 34.6 Å². The van der Waals surface area contributed by atoms with Gasteiger partial charge in [-0.25, -0.2) is 0 Å². The number of aliphatic hydroxyl groups is 21. The molecule has 24 N–H and O–H groups in total. The van der Waals surface area contributed by atoms with Gasteiger partial charge in [0.2, 0.25) is 17.7 Å². The molecule has 0 aromatic rings. The minimum absolute atomic E-state index is 0.803. The first-order valence-electron chi connectivity index (χ1n) is 30.8. The molecule has 0 aliphatic carbocycles. The van der Waals surface area contributed by atoms with E-state index in [-0.39, 0.29) is 0 Å². The first kappa shape index (κ1) is 78.7. The molecule has 40 atom stereocenters. The smallest absolute Gasteiger partial charge is 0.217 e. The third kappa shape index (κ3) is 16.9. The van der Waals surface area contributed by atoms with E-state index < -0.39 is 303 Å². The molecular weight excluding hydrogens is 1310 g/mol. The third-order valence-electron chi connectivity index (χ3n) is 17.8. The molecule has 0 aromatic carbocycles. The Hall–Kier alpha value is -3.03. The van der Waals surface area contributed by atoms with Crippen LogP contribution in [-0.2, 0) is 85.4 Å². The van der Waals surface area contributed by atoms with E-state index in [0.29, 0.717) is 0 Å². The van der Waals surface area contributed by atoms with Gasteiger partial charge in [0.05, 0.1) is 51.8 Å². The molecule has 1 unspecified atom stereocenters. The van der Waals surface area contributed by atoms with E-state index in [1.807, 2.05) is 0 Å². The van der Waals surface area contributed by atoms with Crippen molar-refractivity contribution in [3.8, 4) is 0 Å². The topological polar surface area (TPSA) is 651 Å². The van der Waals surface area contributed by atoms with Crippen molar-refractivity contribution in [3.63, 3.8) is 0 Å². The Morgan fingerprint density at radius 2 is 0.552 bits per heavy atom. The number of carbonyl (C=O) groups is 3. The molecule has 42 nitrogen and oxygen atoms in total. The van der Waals surface area contributed by atoms with Gasteiger partial charge in [-0.2, -0.15) is 0 Å². The summed E-state index contributed by atoms with van der Waals surface area (Å²) in [7, 11) is 0. The Balaban J connectivity index is 1.05. The van der Waals surface area contributed by atoms with Crippen LogP contribution >= 0.6 is 0 Å². The van der Waals surface area contributed by atoms with Gasteiger partial charge in [0.1, 0.15) is 183 Å². The molecule has 8 aliphatic rings. The fourth-order valence-electron chi connectivity index (χ4n) is 12.6. The van der Waals surface area contributed by atoms with Crippen LogP contribution in [0.5, 0.6) is 0 Å². The van der Waals surface area contributed by atoms with Crippen molar-refractivity contribution in [1.82, 2.24) is 16.0 Å². The number of rotatable bonds is 23. The third-order valence-corrected chi connectivity index (χ3v) is 17.8. The van der Waals surface area contributed by atoms with Crippen molar-refractivity contribution < 1.29 is 193 Å². The SMILES string of the molecule is CC(=O)N[C@H]1[C@H](O[C@H]2[C@@H](O)[C@@H](CO)O[C@@H](O[C@H]3[C@H](O[C@@H]4O[C@@H](C)[C@@H](O)[C@@H](O)[C@@H]4O)[C@@H](NC(C)=O)C(O)O[C@@H]3CO)[C@@H]2O)O[C@H](CO)[C@@H](O[C@@H]2O[C@H](CO)[C@H](O)[C@H](O[C@@H]3O[C@H](CO)[C@@H](O[C@@H]4O[C@H](CO)[C@H](O)[C@H](O)[C@H]4O)[C@H](O[C@@H]4O[C@@H](C)[C@@H](O)[C@@H](O)[C@@H]4O)[C@H]3NC(C)=O)[C@H]2O)[C@@H]1O. The largest absolute Gasteiger partial charge is 0.394 e. The second-order valence-corrected chi connectivity index (χ2v) is 24.5. The van der Waals surface area contributed by atoms with Gasteiger partial charge >= 0.3 is 0 Å². The summed E-state index contributed by atoms with van der Waals surface area (Å²) >= 11 is 0. The number of carbonyl (C=O) groups excluding carboxylic acids is 3. The predicted octanol–water partition coefficient (Wildman–Crippen LogP) is -16.0. The van der Waals surface area contributed by atoms with Crippen molar-refractivity contribution >= 4 is 17.7 Å². The summed E-state index contributed by atoms with van der Waals surface area (Å²) in [5.41, 5.74) is 0. The maximum Gasteiger partial charge on any atom is 0.217 e. The second kappa shape index (κ2) is 33.8. The van der Waals surface area contributed by atoms with Crippen LogP contribution in [0.4, 0.5) is 0 Å². The molecule has 8 rings (SSSR count). The van der Waals surface area contributed by atoms with E-state index in [4.69, 9.17) is 71.1 Å². The lowest BCUT2D eigenvalue weighted by atomic mass is 9.93. The number of nitrogens with one attached hydrogen (secondary N) is 3. The summed E-state index contributed by atoms with van der Waals surface area (Å²) in [6, 6.07) is -5.48. The van der Waals surface area contributed by atoms with E-state index in [9.17, 15) is 122 Å². The van der Waals surface area contributed by atoms with Gasteiger partial charge in [-0.05, 0) is 13.8 Å². The van der Waals surface area contributed by atoms with Crippen molar-refractivity contribution in [2.24, 2.45) is 0 Å². The maximum atomic E-state index is 13.2. The van der Waals surface area contributed by atoms with Gasteiger partial charge in [0.15, 0.2) is 50.3 Å². The molecule has 3 amide bonds. The van der Waals surface area contributed by atoms with Gasteiger partial charge in [-0.15, -0.1) is 0 Å². The Kier molecular flexibility index (Phi) is 27.7. The molecule has 0 bridgehead atoms. The van der Waals surface area contributed by atoms with E-state index in [1.165, 1.54) is 13.8 Å². The van der Waals surface area contributed by atoms with E-state index in [1.54, 1.807) is 0 Å². The summed E-state index contributed by atoms with van der Waals surface area (Å²) in [6.45, 7) is -0.879.